The van der Waals surface area contributed by atoms with E-state index >= 15 is 0 Å². The normalized spacial score (nSPS) is 12.0. The second-order valence-corrected chi connectivity index (χ2v) is 7.78. The summed E-state index contributed by atoms with van der Waals surface area (Å²) in [6, 6.07) is 25.0. The van der Waals surface area contributed by atoms with E-state index in [2.05, 4.69) is 12.2 Å². The largest absolute Gasteiger partial charge is 0.345 e. The lowest BCUT2D eigenvalue weighted by Crippen LogP contribution is -2.32. The number of aryl methyl sites for hydroxylation is 1. The molecule has 0 spiro atoms. The van der Waals surface area contributed by atoms with E-state index < -0.39 is 0 Å². The average molecular weight is 411 g/mol. The maximum atomic E-state index is 13.6. The van der Waals surface area contributed by atoms with Crippen molar-refractivity contribution in [2.45, 2.75) is 33.2 Å². The highest BCUT2D eigenvalue weighted by molar-refractivity contribution is 6.08. The maximum Gasteiger partial charge on any atom is 0.263 e. The summed E-state index contributed by atoms with van der Waals surface area (Å²) in [4.78, 5) is 27.1. The third kappa shape index (κ3) is 3.77. The van der Waals surface area contributed by atoms with E-state index in [4.69, 9.17) is 0 Å². The number of rotatable bonds is 5. The van der Waals surface area contributed by atoms with Crippen LogP contribution in [0.15, 0.2) is 83.7 Å². The summed E-state index contributed by atoms with van der Waals surface area (Å²) in [5, 5.41) is 4.46. The summed E-state index contributed by atoms with van der Waals surface area (Å²) in [6.45, 7) is 5.81. The highest BCUT2D eigenvalue weighted by atomic mass is 16.2. The zero-order valence-corrected chi connectivity index (χ0v) is 18.1. The van der Waals surface area contributed by atoms with Crippen molar-refractivity contribution in [1.82, 2.24) is 9.88 Å². The lowest BCUT2D eigenvalue weighted by atomic mass is 9.98. The molecule has 1 heterocycles. The van der Waals surface area contributed by atoms with Crippen LogP contribution >= 0.6 is 0 Å². The topological polar surface area (TPSA) is 51.1 Å². The van der Waals surface area contributed by atoms with Crippen LogP contribution in [-0.2, 0) is 0 Å². The van der Waals surface area contributed by atoms with Gasteiger partial charge in [0.1, 0.15) is 0 Å². The van der Waals surface area contributed by atoms with Crippen molar-refractivity contribution in [1.29, 1.82) is 0 Å². The molecule has 3 aromatic carbocycles. The molecule has 0 bridgehead atoms. The summed E-state index contributed by atoms with van der Waals surface area (Å²) in [5.41, 5.74) is 3.73. The van der Waals surface area contributed by atoms with Gasteiger partial charge in [-0.2, -0.15) is 0 Å². The fraction of sp³-hybridized carbons (Fsp3) is 0.185. The lowest BCUT2D eigenvalue weighted by molar-refractivity contribution is 0.0936. The first kappa shape index (κ1) is 20.6. The number of pyridine rings is 1. The fourth-order valence-electron chi connectivity index (χ4n) is 4.24. The number of carbonyl (C=O) groups is 1. The molecule has 156 valence electrons. The van der Waals surface area contributed by atoms with Crippen LogP contribution in [-0.4, -0.2) is 10.5 Å². The van der Waals surface area contributed by atoms with Gasteiger partial charge in [-0.15, -0.1) is 0 Å². The molecule has 1 aromatic heterocycles. The van der Waals surface area contributed by atoms with Crippen molar-refractivity contribution in [2.75, 3.05) is 0 Å². The van der Waals surface area contributed by atoms with Crippen molar-refractivity contribution in [2.24, 2.45) is 0 Å². The molecule has 4 aromatic rings. The first-order chi connectivity index (χ1) is 15.0. The molecule has 4 nitrogen and oxygen atoms in total. The van der Waals surface area contributed by atoms with Gasteiger partial charge in [0.05, 0.1) is 17.0 Å². The number of aromatic nitrogens is 1. The van der Waals surface area contributed by atoms with Crippen molar-refractivity contribution in [3.05, 3.63) is 112 Å². The maximum absolute atomic E-state index is 13.6. The Bertz CT molecular complexity index is 1290. The summed E-state index contributed by atoms with van der Waals surface area (Å²) in [7, 11) is 0. The van der Waals surface area contributed by atoms with Crippen LogP contribution in [0, 0.1) is 13.8 Å². The van der Waals surface area contributed by atoms with Gasteiger partial charge in [0.2, 0.25) is 0 Å². The highest BCUT2D eigenvalue weighted by Crippen LogP contribution is 2.25. The monoisotopic (exact) mass is 410 g/mol. The number of hydrogen-bond acceptors (Lipinski definition) is 2. The predicted molar refractivity (Wildman–Crippen MR) is 126 cm³/mol. The van der Waals surface area contributed by atoms with E-state index in [1.54, 1.807) is 4.57 Å². The van der Waals surface area contributed by atoms with E-state index in [1.807, 2.05) is 92.7 Å². The summed E-state index contributed by atoms with van der Waals surface area (Å²) >= 11 is 0. The molecule has 31 heavy (non-hydrogen) atoms. The van der Waals surface area contributed by atoms with Gasteiger partial charge < -0.3 is 5.32 Å². The minimum absolute atomic E-state index is 0.106. The third-order valence-corrected chi connectivity index (χ3v) is 5.81. The second kappa shape index (κ2) is 8.60. The molecule has 0 aliphatic rings. The zero-order valence-electron chi connectivity index (χ0n) is 18.1. The van der Waals surface area contributed by atoms with Crippen molar-refractivity contribution >= 4 is 16.7 Å². The Morgan fingerprint density at radius 3 is 2.19 bits per heavy atom. The number of fused-ring (bicyclic) bond motifs is 1. The SMILES string of the molecule is CC[C@H](NC(=O)c1c(C)n(-c2ccccc2)c(=O)c2c(C)cccc12)c1ccccc1. The highest BCUT2D eigenvalue weighted by Gasteiger charge is 2.23. The van der Waals surface area contributed by atoms with E-state index in [0.29, 0.717) is 22.0 Å². The Hall–Kier alpha value is -3.66. The Morgan fingerprint density at radius 1 is 0.903 bits per heavy atom. The number of amides is 1. The van der Waals surface area contributed by atoms with Gasteiger partial charge in [-0.25, -0.2) is 0 Å². The summed E-state index contributed by atoms with van der Waals surface area (Å²) < 4.78 is 1.65. The van der Waals surface area contributed by atoms with Crippen molar-refractivity contribution in [3.63, 3.8) is 0 Å². The Balaban J connectivity index is 1.92. The standard InChI is InChI=1S/C27H26N2O2/c1-4-23(20-13-7-5-8-14-20)28-26(30)25-19(3)29(21-15-9-6-10-16-21)27(31)24-18(2)12-11-17-22(24)25/h5-17,23H,4H2,1-3H3,(H,28,30)/t23-/m0/s1. The summed E-state index contributed by atoms with van der Waals surface area (Å²) in [6.07, 6.45) is 0.768. The van der Waals surface area contributed by atoms with Gasteiger partial charge in [0.15, 0.2) is 0 Å². The van der Waals surface area contributed by atoms with Gasteiger partial charge in [0.25, 0.3) is 11.5 Å². The smallest absolute Gasteiger partial charge is 0.263 e. The molecule has 0 unspecified atom stereocenters. The molecule has 4 rings (SSSR count). The first-order valence-corrected chi connectivity index (χ1v) is 10.6. The van der Waals surface area contributed by atoms with Crippen LogP contribution in [0.3, 0.4) is 0 Å². The van der Waals surface area contributed by atoms with Crippen LogP contribution in [0.25, 0.3) is 16.5 Å². The number of para-hydroxylation sites is 1. The van der Waals surface area contributed by atoms with Gasteiger partial charge >= 0.3 is 0 Å². The molecular weight excluding hydrogens is 384 g/mol. The summed E-state index contributed by atoms with van der Waals surface area (Å²) in [5.74, 6) is -0.173. The van der Waals surface area contributed by atoms with Gasteiger partial charge in [-0.3, -0.25) is 14.2 Å². The number of benzene rings is 3. The Labute approximate surface area is 182 Å². The molecule has 0 radical (unpaired) electrons. The predicted octanol–water partition coefficient (Wildman–Crippen LogP) is 5.49. The quantitative estimate of drug-likeness (QED) is 0.473. The van der Waals surface area contributed by atoms with Gasteiger partial charge in [0, 0.05) is 16.8 Å². The average Bonchev–Trinajstić information content (AvgIpc) is 2.78. The van der Waals surface area contributed by atoms with Crippen LogP contribution in [0.5, 0.6) is 0 Å². The van der Waals surface area contributed by atoms with E-state index in [0.717, 1.165) is 23.2 Å². The van der Waals surface area contributed by atoms with Crippen molar-refractivity contribution < 1.29 is 4.79 Å². The zero-order chi connectivity index (χ0) is 22.0. The molecule has 0 fully saturated rings. The van der Waals surface area contributed by atoms with Crippen LogP contribution < -0.4 is 10.9 Å². The minimum Gasteiger partial charge on any atom is -0.345 e. The van der Waals surface area contributed by atoms with Crippen LogP contribution in [0.1, 0.15) is 46.6 Å². The molecule has 4 heteroatoms. The second-order valence-electron chi connectivity index (χ2n) is 7.78. The van der Waals surface area contributed by atoms with Crippen LogP contribution in [0.2, 0.25) is 0 Å². The molecule has 0 saturated heterocycles. The van der Waals surface area contributed by atoms with Crippen molar-refractivity contribution in [3.8, 4) is 5.69 Å². The molecule has 0 aliphatic heterocycles. The third-order valence-electron chi connectivity index (χ3n) is 5.81. The fourth-order valence-corrected chi connectivity index (χ4v) is 4.24. The Kier molecular flexibility index (Phi) is 5.72. The van der Waals surface area contributed by atoms with E-state index in [9.17, 15) is 9.59 Å². The van der Waals surface area contributed by atoms with Gasteiger partial charge in [-0.1, -0.05) is 73.7 Å². The molecule has 1 amide bonds. The first-order valence-electron chi connectivity index (χ1n) is 10.6. The minimum atomic E-state index is -0.173. The molecule has 0 saturated carbocycles. The Morgan fingerprint density at radius 2 is 1.55 bits per heavy atom. The molecule has 1 N–H and O–H groups in total. The van der Waals surface area contributed by atoms with Crippen LogP contribution in [0.4, 0.5) is 0 Å². The van der Waals surface area contributed by atoms with E-state index in [-0.39, 0.29) is 17.5 Å². The molecule has 1 atom stereocenters. The lowest BCUT2D eigenvalue weighted by Gasteiger charge is -2.21. The number of nitrogens with zero attached hydrogens (tertiary/aromatic N) is 1. The number of hydrogen-bond donors (Lipinski definition) is 1. The molecular formula is C27H26N2O2. The number of nitrogens with one attached hydrogen (secondary N) is 1. The van der Waals surface area contributed by atoms with E-state index in [1.165, 1.54) is 0 Å². The number of carbonyl (C=O) groups excluding carboxylic acids is 1. The molecule has 0 aliphatic carbocycles. The van der Waals surface area contributed by atoms with Gasteiger partial charge in [-0.05, 0) is 43.5 Å².